The van der Waals surface area contributed by atoms with Crippen LogP contribution in [0.5, 0.6) is 0 Å². The van der Waals surface area contributed by atoms with Gasteiger partial charge in [0.15, 0.2) is 0 Å². The minimum Gasteiger partial charge on any atom is -0.345 e. The minimum absolute atomic E-state index is 0.0524. The maximum Gasteiger partial charge on any atom is 0.311 e. The minimum atomic E-state index is -0.457. The fourth-order valence-corrected chi connectivity index (χ4v) is 2.57. The van der Waals surface area contributed by atoms with E-state index < -0.39 is 5.91 Å². The molecule has 1 aliphatic rings. The molecule has 2 N–H and O–H groups in total. The van der Waals surface area contributed by atoms with Crippen molar-refractivity contribution in [3.63, 3.8) is 0 Å². The van der Waals surface area contributed by atoms with E-state index in [1.807, 2.05) is 6.92 Å². The number of carbonyl (C=O) groups excluding carboxylic acids is 2. The number of nitrogens with one attached hydrogen (secondary N) is 2. The first-order chi connectivity index (χ1) is 9.10. The first-order valence-corrected chi connectivity index (χ1v) is 7.40. The summed E-state index contributed by atoms with van der Waals surface area (Å²) in [4.78, 5) is 25.7. The Bertz CT molecular complexity index is 295. The van der Waals surface area contributed by atoms with Crippen molar-refractivity contribution in [3.05, 3.63) is 0 Å². The molecule has 0 aromatic carbocycles. The van der Waals surface area contributed by atoms with Gasteiger partial charge in [0.05, 0.1) is 0 Å². The summed E-state index contributed by atoms with van der Waals surface area (Å²) < 4.78 is 0. The third-order valence-electron chi connectivity index (χ3n) is 3.94. The van der Waals surface area contributed by atoms with Crippen LogP contribution in [0.2, 0.25) is 0 Å². The molecule has 0 radical (unpaired) electrons. The Morgan fingerprint density at radius 2 is 1.89 bits per heavy atom. The van der Waals surface area contributed by atoms with Gasteiger partial charge < -0.3 is 15.5 Å². The molecule has 0 aliphatic carbocycles. The van der Waals surface area contributed by atoms with Gasteiger partial charge in [0.25, 0.3) is 0 Å². The summed E-state index contributed by atoms with van der Waals surface area (Å²) in [5.74, 6) is -0.412. The van der Waals surface area contributed by atoms with Crippen LogP contribution >= 0.6 is 0 Å². The lowest BCUT2D eigenvalue weighted by Gasteiger charge is -2.24. The Kier molecular flexibility index (Phi) is 6.84. The lowest BCUT2D eigenvalue weighted by Crippen LogP contribution is -2.48. The van der Waals surface area contributed by atoms with Gasteiger partial charge in [-0.05, 0) is 25.8 Å². The van der Waals surface area contributed by atoms with Crippen molar-refractivity contribution in [2.75, 3.05) is 26.2 Å². The molecule has 0 spiro atoms. The summed E-state index contributed by atoms with van der Waals surface area (Å²) in [5.41, 5.74) is 0. The van der Waals surface area contributed by atoms with Crippen LogP contribution in [0.25, 0.3) is 0 Å². The van der Waals surface area contributed by atoms with Gasteiger partial charge in [-0.15, -0.1) is 0 Å². The van der Waals surface area contributed by atoms with Gasteiger partial charge in [-0.3, -0.25) is 9.59 Å². The highest BCUT2D eigenvalue weighted by molar-refractivity contribution is 6.35. The zero-order valence-electron chi connectivity index (χ0n) is 12.4. The van der Waals surface area contributed by atoms with Crippen molar-refractivity contribution in [3.8, 4) is 0 Å². The Hall–Kier alpha value is -1.10. The van der Waals surface area contributed by atoms with Crippen LogP contribution in [0.1, 0.15) is 40.0 Å². The van der Waals surface area contributed by atoms with Crippen molar-refractivity contribution < 1.29 is 9.59 Å². The first kappa shape index (κ1) is 16.0. The number of carbonyl (C=O) groups is 2. The molecule has 5 heteroatoms. The quantitative estimate of drug-likeness (QED) is 0.740. The maximum absolute atomic E-state index is 12.1. The van der Waals surface area contributed by atoms with Crippen molar-refractivity contribution in [2.45, 2.75) is 46.1 Å². The largest absolute Gasteiger partial charge is 0.345 e. The smallest absolute Gasteiger partial charge is 0.311 e. The van der Waals surface area contributed by atoms with E-state index in [1.165, 1.54) is 0 Å². The Morgan fingerprint density at radius 1 is 1.21 bits per heavy atom. The van der Waals surface area contributed by atoms with E-state index in [1.54, 1.807) is 4.90 Å². The van der Waals surface area contributed by atoms with Crippen LogP contribution < -0.4 is 10.6 Å². The first-order valence-electron chi connectivity index (χ1n) is 7.40. The topological polar surface area (TPSA) is 61.4 Å². The Morgan fingerprint density at radius 3 is 2.53 bits per heavy atom. The van der Waals surface area contributed by atoms with Gasteiger partial charge in [0.1, 0.15) is 0 Å². The molecule has 2 amide bonds. The zero-order chi connectivity index (χ0) is 14.3. The van der Waals surface area contributed by atoms with E-state index in [4.69, 9.17) is 0 Å². The molecule has 1 rings (SSSR count). The third-order valence-corrected chi connectivity index (χ3v) is 3.94. The zero-order valence-corrected chi connectivity index (χ0v) is 12.4. The molecule has 0 aromatic heterocycles. The number of amides is 2. The molecule has 1 heterocycles. The van der Waals surface area contributed by atoms with Gasteiger partial charge in [-0.1, -0.05) is 26.7 Å². The Balaban J connectivity index is 2.49. The van der Waals surface area contributed by atoms with Gasteiger partial charge in [-0.2, -0.15) is 0 Å². The summed E-state index contributed by atoms with van der Waals surface area (Å²) in [6, 6.07) is 0.0524. The molecule has 0 bridgehead atoms. The van der Waals surface area contributed by atoms with E-state index >= 15 is 0 Å². The van der Waals surface area contributed by atoms with Crippen LogP contribution in [0.3, 0.4) is 0 Å². The molecule has 1 unspecified atom stereocenters. The van der Waals surface area contributed by atoms with Crippen LogP contribution in [-0.2, 0) is 9.59 Å². The normalized spacial score (nSPS) is 18.0. The van der Waals surface area contributed by atoms with Crippen LogP contribution in [-0.4, -0.2) is 48.9 Å². The van der Waals surface area contributed by atoms with E-state index in [9.17, 15) is 9.59 Å². The highest BCUT2D eigenvalue weighted by Gasteiger charge is 2.25. The van der Waals surface area contributed by atoms with Crippen LogP contribution in [0, 0.1) is 5.92 Å². The number of hydrogen-bond donors (Lipinski definition) is 2. The predicted molar refractivity (Wildman–Crippen MR) is 75.7 cm³/mol. The molecular weight excluding hydrogens is 242 g/mol. The molecule has 1 atom stereocenters. The van der Waals surface area contributed by atoms with Crippen LogP contribution in [0.15, 0.2) is 0 Å². The third kappa shape index (κ3) is 4.82. The average Bonchev–Trinajstić information content (AvgIpc) is 2.68. The second-order valence-corrected chi connectivity index (χ2v) is 5.23. The molecular formula is C14H27N3O2. The van der Waals surface area contributed by atoms with Gasteiger partial charge in [0.2, 0.25) is 0 Å². The van der Waals surface area contributed by atoms with E-state index in [2.05, 4.69) is 24.5 Å². The van der Waals surface area contributed by atoms with Crippen molar-refractivity contribution in [2.24, 2.45) is 5.92 Å². The molecule has 1 fully saturated rings. The molecule has 1 aliphatic heterocycles. The van der Waals surface area contributed by atoms with Gasteiger partial charge >= 0.3 is 11.8 Å². The molecule has 1 saturated heterocycles. The highest BCUT2D eigenvalue weighted by Crippen LogP contribution is 2.12. The Labute approximate surface area is 116 Å². The summed E-state index contributed by atoms with van der Waals surface area (Å²) in [7, 11) is 0. The SMILES string of the molecule is CCC(CC)C(C)NC(=O)C(=O)N1CCCNCC1. The fraction of sp³-hybridized carbons (Fsp3) is 0.857. The fourth-order valence-electron chi connectivity index (χ4n) is 2.57. The second-order valence-electron chi connectivity index (χ2n) is 5.23. The number of hydrogen-bond acceptors (Lipinski definition) is 3. The highest BCUT2D eigenvalue weighted by atomic mass is 16.2. The molecule has 19 heavy (non-hydrogen) atoms. The summed E-state index contributed by atoms with van der Waals surface area (Å²) in [6.45, 7) is 9.16. The monoisotopic (exact) mass is 269 g/mol. The number of rotatable bonds is 4. The van der Waals surface area contributed by atoms with E-state index in [0.717, 1.165) is 32.4 Å². The summed E-state index contributed by atoms with van der Waals surface area (Å²) in [5, 5.41) is 6.07. The predicted octanol–water partition coefficient (Wildman–Crippen LogP) is 0.749. The molecule has 5 nitrogen and oxygen atoms in total. The molecule has 0 saturated carbocycles. The van der Waals surface area contributed by atoms with Crippen molar-refractivity contribution in [1.29, 1.82) is 0 Å². The van der Waals surface area contributed by atoms with Crippen LogP contribution in [0.4, 0.5) is 0 Å². The number of nitrogens with zero attached hydrogens (tertiary/aromatic N) is 1. The standard InChI is InChI=1S/C14H27N3O2/c1-4-12(5-2)11(3)16-13(18)14(19)17-9-6-7-15-8-10-17/h11-12,15H,4-10H2,1-3H3,(H,16,18). The second kappa shape index (κ2) is 8.15. The summed E-state index contributed by atoms with van der Waals surface area (Å²) >= 11 is 0. The van der Waals surface area contributed by atoms with Crippen molar-refractivity contribution in [1.82, 2.24) is 15.5 Å². The van der Waals surface area contributed by atoms with E-state index in [-0.39, 0.29) is 11.9 Å². The summed E-state index contributed by atoms with van der Waals surface area (Å²) in [6.07, 6.45) is 2.93. The average molecular weight is 269 g/mol. The molecule has 110 valence electrons. The lowest BCUT2D eigenvalue weighted by molar-refractivity contribution is -0.146. The maximum atomic E-state index is 12.1. The van der Waals surface area contributed by atoms with Gasteiger partial charge in [0, 0.05) is 25.7 Å². The van der Waals surface area contributed by atoms with Gasteiger partial charge in [-0.25, -0.2) is 0 Å². The lowest BCUT2D eigenvalue weighted by atomic mass is 9.95. The van der Waals surface area contributed by atoms with E-state index in [0.29, 0.717) is 19.0 Å². The molecule has 0 aromatic rings. The van der Waals surface area contributed by atoms with Crippen molar-refractivity contribution >= 4 is 11.8 Å².